The van der Waals surface area contributed by atoms with Gasteiger partial charge in [0.25, 0.3) is 5.91 Å². The van der Waals surface area contributed by atoms with Crippen molar-refractivity contribution in [2.45, 2.75) is 40.2 Å². The van der Waals surface area contributed by atoms with Gasteiger partial charge in [-0.1, -0.05) is 0 Å². The van der Waals surface area contributed by atoms with E-state index < -0.39 is 0 Å². The summed E-state index contributed by atoms with van der Waals surface area (Å²) in [6.45, 7) is 11.9. The van der Waals surface area contributed by atoms with Gasteiger partial charge in [-0.2, -0.15) is 0 Å². The van der Waals surface area contributed by atoms with Crippen LogP contribution in [0.15, 0.2) is 18.5 Å². The number of amides is 1. The first-order chi connectivity index (χ1) is 8.37. The van der Waals surface area contributed by atoms with Gasteiger partial charge >= 0.3 is 0 Å². The fraction of sp³-hybridized carbons (Fsp3) is 0.571. The Kier molecular flexibility index (Phi) is 4.70. The van der Waals surface area contributed by atoms with E-state index >= 15 is 0 Å². The molecule has 100 valence electrons. The molecule has 0 bridgehead atoms. The highest BCUT2D eigenvalue weighted by Crippen LogP contribution is 2.14. The number of carbonyl (C=O) groups is 1. The number of nitrogens with one attached hydrogen (secondary N) is 1. The maximum absolute atomic E-state index is 12.0. The Balaban J connectivity index is 2.91. The second kappa shape index (κ2) is 5.85. The number of nitrogens with zero attached hydrogens (tertiary/aromatic N) is 2. The minimum Gasteiger partial charge on any atom is -0.371 e. The highest BCUT2D eigenvalue weighted by molar-refractivity contribution is 5.95. The van der Waals surface area contributed by atoms with Crippen molar-refractivity contribution < 1.29 is 4.79 Å². The minimum absolute atomic E-state index is 0.0796. The Morgan fingerprint density at radius 1 is 1.28 bits per heavy atom. The average molecular weight is 249 g/mol. The molecule has 1 N–H and O–H groups in total. The SMILES string of the molecule is CCN(CC)c1cncc(C(=O)NC(C)(C)C)c1. The molecule has 1 amide bonds. The van der Waals surface area contributed by atoms with Gasteiger partial charge in [-0.05, 0) is 40.7 Å². The van der Waals surface area contributed by atoms with E-state index in [1.165, 1.54) is 0 Å². The van der Waals surface area contributed by atoms with Gasteiger partial charge in [0.05, 0.1) is 17.4 Å². The minimum atomic E-state index is -0.234. The third-order valence-corrected chi connectivity index (χ3v) is 2.60. The van der Waals surface area contributed by atoms with Gasteiger partial charge in [-0.3, -0.25) is 9.78 Å². The van der Waals surface area contributed by atoms with Crippen molar-refractivity contribution in [2.24, 2.45) is 0 Å². The van der Waals surface area contributed by atoms with Crippen LogP contribution in [0.5, 0.6) is 0 Å². The standard InChI is InChI=1S/C14H23N3O/c1-6-17(7-2)12-8-11(9-15-10-12)13(18)16-14(3,4)5/h8-10H,6-7H2,1-5H3,(H,16,18). The molecule has 1 aromatic rings. The molecule has 0 saturated carbocycles. The zero-order chi connectivity index (χ0) is 13.8. The quantitative estimate of drug-likeness (QED) is 0.891. The van der Waals surface area contributed by atoms with Crippen LogP contribution in [0.3, 0.4) is 0 Å². The molecule has 4 heteroatoms. The molecule has 0 unspecified atom stereocenters. The van der Waals surface area contributed by atoms with E-state index in [1.807, 2.05) is 26.8 Å². The van der Waals surface area contributed by atoms with Gasteiger partial charge in [0.15, 0.2) is 0 Å². The molecule has 4 nitrogen and oxygen atoms in total. The summed E-state index contributed by atoms with van der Waals surface area (Å²) < 4.78 is 0. The summed E-state index contributed by atoms with van der Waals surface area (Å²) in [6.07, 6.45) is 3.40. The van der Waals surface area contributed by atoms with Crippen LogP contribution in [0, 0.1) is 0 Å². The van der Waals surface area contributed by atoms with Crippen molar-refractivity contribution in [3.63, 3.8) is 0 Å². The summed E-state index contributed by atoms with van der Waals surface area (Å²) in [5.41, 5.74) is 1.36. The zero-order valence-electron chi connectivity index (χ0n) is 11.9. The van der Waals surface area contributed by atoms with E-state index in [-0.39, 0.29) is 11.4 Å². The van der Waals surface area contributed by atoms with Crippen LogP contribution in [-0.4, -0.2) is 29.5 Å². The van der Waals surface area contributed by atoms with Crippen molar-refractivity contribution in [3.8, 4) is 0 Å². The number of hydrogen-bond donors (Lipinski definition) is 1. The van der Waals surface area contributed by atoms with Crippen LogP contribution in [0.2, 0.25) is 0 Å². The summed E-state index contributed by atoms with van der Waals surface area (Å²) in [7, 11) is 0. The summed E-state index contributed by atoms with van der Waals surface area (Å²) in [4.78, 5) is 18.4. The first-order valence-corrected chi connectivity index (χ1v) is 6.40. The normalized spacial score (nSPS) is 11.2. The molecular weight excluding hydrogens is 226 g/mol. The molecule has 0 aliphatic heterocycles. The molecule has 18 heavy (non-hydrogen) atoms. The van der Waals surface area contributed by atoms with Gasteiger partial charge in [-0.15, -0.1) is 0 Å². The molecule has 1 heterocycles. The van der Waals surface area contributed by atoms with E-state index in [1.54, 1.807) is 12.4 Å². The maximum atomic E-state index is 12.0. The van der Waals surface area contributed by atoms with Gasteiger partial charge in [0, 0.05) is 24.8 Å². The van der Waals surface area contributed by atoms with E-state index in [9.17, 15) is 4.79 Å². The van der Waals surface area contributed by atoms with Gasteiger partial charge in [0.2, 0.25) is 0 Å². The fourth-order valence-corrected chi connectivity index (χ4v) is 1.73. The van der Waals surface area contributed by atoms with Gasteiger partial charge in [-0.25, -0.2) is 0 Å². The van der Waals surface area contributed by atoms with Crippen LogP contribution in [0.25, 0.3) is 0 Å². The lowest BCUT2D eigenvalue weighted by molar-refractivity contribution is 0.0919. The molecule has 0 saturated heterocycles. The number of anilines is 1. The Morgan fingerprint density at radius 3 is 2.39 bits per heavy atom. The molecule has 0 spiro atoms. The predicted octanol–water partition coefficient (Wildman–Crippen LogP) is 2.46. The van der Waals surface area contributed by atoms with Crippen LogP contribution < -0.4 is 10.2 Å². The van der Waals surface area contributed by atoms with Gasteiger partial charge in [0.1, 0.15) is 0 Å². The molecule has 1 aromatic heterocycles. The van der Waals surface area contributed by atoms with Crippen molar-refractivity contribution >= 4 is 11.6 Å². The molecule has 1 rings (SSSR count). The second-order valence-corrected chi connectivity index (χ2v) is 5.31. The Hall–Kier alpha value is -1.58. The zero-order valence-corrected chi connectivity index (χ0v) is 11.9. The summed E-state index contributed by atoms with van der Waals surface area (Å²) in [6, 6.07) is 1.89. The lowest BCUT2D eigenvalue weighted by Gasteiger charge is -2.23. The van der Waals surface area contributed by atoms with E-state index in [0.717, 1.165) is 18.8 Å². The Morgan fingerprint density at radius 2 is 1.89 bits per heavy atom. The van der Waals surface area contributed by atoms with Crippen molar-refractivity contribution in [2.75, 3.05) is 18.0 Å². The summed E-state index contributed by atoms with van der Waals surface area (Å²) in [5.74, 6) is -0.0796. The van der Waals surface area contributed by atoms with Crippen LogP contribution in [-0.2, 0) is 0 Å². The Labute approximate surface area is 109 Å². The first kappa shape index (κ1) is 14.5. The number of pyridine rings is 1. The van der Waals surface area contributed by atoms with Crippen molar-refractivity contribution in [3.05, 3.63) is 24.0 Å². The predicted molar refractivity (Wildman–Crippen MR) is 75.0 cm³/mol. The molecule has 0 aliphatic rings. The van der Waals surface area contributed by atoms with Crippen molar-refractivity contribution in [1.82, 2.24) is 10.3 Å². The largest absolute Gasteiger partial charge is 0.371 e. The number of hydrogen-bond acceptors (Lipinski definition) is 3. The highest BCUT2D eigenvalue weighted by atomic mass is 16.1. The van der Waals surface area contributed by atoms with Crippen molar-refractivity contribution in [1.29, 1.82) is 0 Å². The van der Waals surface area contributed by atoms with E-state index in [0.29, 0.717) is 5.56 Å². The third-order valence-electron chi connectivity index (χ3n) is 2.60. The summed E-state index contributed by atoms with van der Waals surface area (Å²) in [5, 5.41) is 2.94. The first-order valence-electron chi connectivity index (χ1n) is 6.40. The highest BCUT2D eigenvalue weighted by Gasteiger charge is 2.16. The molecule has 0 aromatic carbocycles. The molecule has 0 atom stereocenters. The number of rotatable bonds is 4. The smallest absolute Gasteiger partial charge is 0.253 e. The lowest BCUT2D eigenvalue weighted by Crippen LogP contribution is -2.40. The second-order valence-electron chi connectivity index (χ2n) is 5.31. The van der Waals surface area contributed by atoms with Gasteiger partial charge < -0.3 is 10.2 Å². The average Bonchev–Trinajstić information content (AvgIpc) is 2.29. The Bertz CT molecular complexity index is 406. The lowest BCUT2D eigenvalue weighted by atomic mass is 10.1. The fourth-order valence-electron chi connectivity index (χ4n) is 1.73. The molecular formula is C14H23N3O. The monoisotopic (exact) mass is 249 g/mol. The molecule has 0 radical (unpaired) electrons. The van der Waals surface area contributed by atoms with Crippen LogP contribution >= 0.6 is 0 Å². The van der Waals surface area contributed by atoms with E-state index in [2.05, 4.69) is 29.0 Å². The van der Waals surface area contributed by atoms with Crippen LogP contribution in [0.1, 0.15) is 45.0 Å². The molecule has 0 fully saturated rings. The van der Waals surface area contributed by atoms with E-state index in [4.69, 9.17) is 0 Å². The topological polar surface area (TPSA) is 45.2 Å². The maximum Gasteiger partial charge on any atom is 0.253 e. The molecule has 0 aliphatic carbocycles. The third kappa shape index (κ3) is 4.02. The number of carbonyl (C=O) groups excluding carboxylic acids is 1. The van der Waals surface area contributed by atoms with Crippen LogP contribution in [0.4, 0.5) is 5.69 Å². The summed E-state index contributed by atoms with van der Waals surface area (Å²) >= 11 is 0. The number of aromatic nitrogens is 1.